The lowest BCUT2D eigenvalue weighted by Crippen LogP contribution is -2.41. The number of carbonyl (C=O) groups is 1. The summed E-state index contributed by atoms with van der Waals surface area (Å²) in [6.45, 7) is 0. The topological polar surface area (TPSA) is 103 Å². The maximum Gasteiger partial charge on any atom is 0.266 e. The lowest BCUT2D eigenvalue weighted by atomic mass is 10.1. The van der Waals surface area contributed by atoms with Gasteiger partial charge in [0.05, 0.1) is 26.2 Å². The van der Waals surface area contributed by atoms with Gasteiger partial charge < -0.3 is 14.2 Å². The first-order chi connectivity index (χ1) is 13.4. The molecule has 2 aromatic carbocycles. The van der Waals surface area contributed by atoms with Gasteiger partial charge in [-0.05, 0) is 54.7 Å². The number of hydrazine groups is 1. The molecule has 0 unspecified atom stereocenters. The van der Waals surface area contributed by atoms with E-state index in [-0.39, 0.29) is 22.0 Å². The molecule has 0 aliphatic heterocycles. The molecule has 2 N–H and O–H groups in total. The number of carbonyl (C=O) groups excluding carboxylic acids is 1. The molecule has 0 aromatic heterocycles. The number of fused-ring (bicyclic) bond motifs is 1. The summed E-state index contributed by atoms with van der Waals surface area (Å²) >= 11 is 0. The molecule has 150 valence electrons. The van der Waals surface area contributed by atoms with Gasteiger partial charge in [-0.25, -0.2) is 8.42 Å². The summed E-state index contributed by atoms with van der Waals surface area (Å²) in [6, 6.07) is 7.87. The predicted octanol–water partition coefficient (Wildman–Crippen LogP) is 1.82. The highest BCUT2D eigenvalue weighted by molar-refractivity contribution is 7.89. The lowest BCUT2D eigenvalue weighted by molar-refractivity contribution is 0.0944. The fourth-order valence-electron chi connectivity index (χ4n) is 3.17. The van der Waals surface area contributed by atoms with Gasteiger partial charge in [0, 0.05) is 5.56 Å². The minimum atomic E-state index is -3.90. The van der Waals surface area contributed by atoms with E-state index in [0.717, 1.165) is 24.8 Å². The quantitative estimate of drug-likeness (QED) is 0.680. The SMILES string of the molecule is COc1cc(C(=O)NNS(=O)(=O)c2ccc3c(c2)CCC3)cc(OC)c1OC. The second-order valence-corrected chi connectivity index (χ2v) is 7.94. The van der Waals surface area contributed by atoms with Crippen molar-refractivity contribution in [3.8, 4) is 17.2 Å². The molecule has 0 saturated heterocycles. The number of hydrogen-bond acceptors (Lipinski definition) is 6. The van der Waals surface area contributed by atoms with Crippen molar-refractivity contribution < 1.29 is 27.4 Å². The molecule has 1 aliphatic rings. The van der Waals surface area contributed by atoms with Crippen LogP contribution in [0.25, 0.3) is 0 Å². The normalized spacial score (nSPS) is 13.0. The van der Waals surface area contributed by atoms with Gasteiger partial charge in [0.25, 0.3) is 15.9 Å². The zero-order chi connectivity index (χ0) is 20.3. The smallest absolute Gasteiger partial charge is 0.266 e. The first-order valence-corrected chi connectivity index (χ1v) is 10.1. The van der Waals surface area contributed by atoms with Crippen molar-refractivity contribution in [1.82, 2.24) is 10.3 Å². The molecule has 28 heavy (non-hydrogen) atoms. The van der Waals surface area contributed by atoms with E-state index in [1.165, 1.54) is 45.1 Å². The monoisotopic (exact) mass is 406 g/mol. The Morgan fingerprint density at radius 1 is 0.929 bits per heavy atom. The second-order valence-electron chi connectivity index (χ2n) is 6.26. The molecule has 0 bridgehead atoms. The number of nitrogens with one attached hydrogen (secondary N) is 2. The van der Waals surface area contributed by atoms with Crippen molar-refractivity contribution >= 4 is 15.9 Å². The summed E-state index contributed by atoms with van der Waals surface area (Å²) in [6.07, 6.45) is 2.83. The summed E-state index contributed by atoms with van der Waals surface area (Å²) in [4.78, 5) is 14.7. The molecule has 0 fully saturated rings. The van der Waals surface area contributed by atoms with Crippen LogP contribution >= 0.6 is 0 Å². The molecule has 3 rings (SSSR count). The molecule has 0 saturated carbocycles. The number of aryl methyl sites for hydroxylation is 2. The highest BCUT2D eigenvalue weighted by Crippen LogP contribution is 2.38. The highest BCUT2D eigenvalue weighted by atomic mass is 32.2. The third-order valence-electron chi connectivity index (χ3n) is 4.61. The molecular formula is C19H22N2O6S. The van der Waals surface area contributed by atoms with Crippen LogP contribution in [0.3, 0.4) is 0 Å². The highest BCUT2D eigenvalue weighted by Gasteiger charge is 2.21. The minimum absolute atomic E-state index is 0.110. The van der Waals surface area contributed by atoms with Gasteiger partial charge in [0.2, 0.25) is 5.75 Å². The van der Waals surface area contributed by atoms with Gasteiger partial charge in [-0.1, -0.05) is 6.07 Å². The Kier molecular flexibility index (Phi) is 5.76. The number of sulfonamides is 1. The fraction of sp³-hybridized carbons (Fsp3) is 0.316. The van der Waals surface area contributed by atoms with E-state index in [2.05, 4.69) is 10.3 Å². The molecule has 0 atom stereocenters. The average molecular weight is 406 g/mol. The van der Waals surface area contributed by atoms with Gasteiger partial charge in [0.1, 0.15) is 0 Å². The summed E-state index contributed by atoms with van der Waals surface area (Å²) < 4.78 is 40.7. The standard InChI is InChI=1S/C19H22N2O6S/c1-25-16-10-14(11-17(26-2)18(16)27-3)19(22)20-21-28(23,24)15-8-7-12-5-4-6-13(12)9-15/h7-11,21H,4-6H2,1-3H3,(H,20,22). The Labute approximate surface area is 163 Å². The van der Waals surface area contributed by atoms with Crippen LogP contribution in [0.15, 0.2) is 35.2 Å². The molecule has 2 aromatic rings. The second kappa shape index (κ2) is 8.07. The third kappa shape index (κ3) is 3.90. The van der Waals surface area contributed by atoms with Gasteiger partial charge in [-0.3, -0.25) is 10.2 Å². The maximum absolute atomic E-state index is 12.5. The van der Waals surface area contributed by atoms with Crippen LogP contribution in [0.1, 0.15) is 27.9 Å². The molecule has 0 spiro atoms. The van der Waals surface area contributed by atoms with Crippen LogP contribution in [-0.4, -0.2) is 35.7 Å². The van der Waals surface area contributed by atoms with E-state index in [4.69, 9.17) is 14.2 Å². The van der Waals surface area contributed by atoms with Crippen LogP contribution in [0.4, 0.5) is 0 Å². The molecular weight excluding hydrogens is 384 g/mol. The Hall–Kier alpha value is -2.78. The summed E-state index contributed by atoms with van der Waals surface area (Å²) in [5.74, 6) is 0.242. The van der Waals surface area contributed by atoms with E-state index in [1.54, 1.807) is 6.07 Å². The van der Waals surface area contributed by atoms with Crippen LogP contribution < -0.4 is 24.5 Å². The molecule has 0 heterocycles. The summed E-state index contributed by atoms with van der Waals surface area (Å²) in [5, 5.41) is 0. The first-order valence-electron chi connectivity index (χ1n) is 8.63. The van der Waals surface area contributed by atoms with Crippen LogP contribution in [0.5, 0.6) is 17.2 Å². The van der Waals surface area contributed by atoms with Gasteiger partial charge >= 0.3 is 0 Å². The Morgan fingerprint density at radius 3 is 2.18 bits per heavy atom. The zero-order valence-electron chi connectivity index (χ0n) is 15.9. The van der Waals surface area contributed by atoms with Crippen molar-refractivity contribution in [2.24, 2.45) is 0 Å². The fourth-order valence-corrected chi connectivity index (χ4v) is 4.06. The van der Waals surface area contributed by atoms with E-state index < -0.39 is 15.9 Å². The van der Waals surface area contributed by atoms with Crippen molar-refractivity contribution in [2.45, 2.75) is 24.2 Å². The number of amides is 1. The number of methoxy groups -OCH3 is 3. The number of ether oxygens (including phenoxy) is 3. The van der Waals surface area contributed by atoms with Crippen LogP contribution in [0, 0.1) is 0 Å². The largest absolute Gasteiger partial charge is 0.493 e. The predicted molar refractivity (Wildman–Crippen MR) is 102 cm³/mol. The minimum Gasteiger partial charge on any atom is -0.493 e. The Morgan fingerprint density at radius 2 is 1.57 bits per heavy atom. The maximum atomic E-state index is 12.5. The van der Waals surface area contributed by atoms with Crippen molar-refractivity contribution in [3.63, 3.8) is 0 Å². The van der Waals surface area contributed by atoms with Crippen molar-refractivity contribution in [2.75, 3.05) is 21.3 Å². The number of benzene rings is 2. The van der Waals surface area contributed by atoms with Crippen LogP contribution in [-0.2, 0) is 22.9 Å². The molecule has 1 amide bonds. The molecule has 0 radical (unpaired) electrons. The zero-order valence-corrected chi connectivity index (χ0v) is 16.7. The number of hydrogen-bond donors (Lipinski definition) is 2. The molecule has 1 aliphatic carbocycles. The molecule has 9 heteroatoms. The third-order valence-corrected chi connectivity index (χ3v) is 5.85. The van der Waals surface area contributed by atoms with E-state index in [0.29, 0.717) is 5.75 Å². The van der Waals surface area contributed by atoms with Gasteiger partial charge in [-0.2, -0.15) is 0 Å². The van der Waals surface area contributed by atoms with E-state index in [1.807, 2.05) is 6.07 Å². The summed E-state index contributed by atoms with van der Waals surface area (Å²) in [5.41, 5.74) is 4.56. The Balaban J connectivity index is 1.78. The van der Waals surface area contributed by atoms with Crippen LogP contribution in [0.2, 0.25) is 0 Å². The van der Waals surface area contributed by atoms with Gasteiger partial charge in [0.15, 0.2) is 11.5 Å². The van der Waals surface area contributed by atoms with Crippen molar-refractivity contribution in [1.29, 1.82) is 0 Å². The average Bonchev–Trinajstić information content (AvgIpc) is 3.18. The van der Waals surface area contributed by atoms with E-state index >= 15 is 0 Å². The summed E-state index contributed by atoms with van der Waals surface area (Å²) in [7, 11) is 0.403. The lowest BCUT2D eigenvalue weighted by Gasteiger charge is -2.14. The van der Waals surface area contributed by atoms with Crippen molar-refractivity contribution in [3.05, 3.63) is 47.0 Å². The molecule has 8 nitrogen and oxygen atoms in total. The first kappa shape index (κ1) is 20.0. The van der Waals surface area contributed by atoms with Gasteiger partial charge in [-0.15, -0.1) is 4.83 Å². The number of rotatable bonds is 7. The van der Waals surface area contributed by atoms with E-state index in [9.17, 15) is 13.2 Å². The Bertz CT molecular complexity index is 978.